The molecule has 44 heavy (non-hydrogen) atoms. The summed E-state index contributed by atoms with van der Waals surface area (Å²) >= 11 is 0. The third kappa shape index (κ3) is 6.39. The summed E-state index contributed by atoms with van der Waals surface area (Å²) in [5.41, 5.74) is 4.50. The van der Waals surface area contributed by atoms with Gasteiger partial charge in [0.1, 0.15) is 28.4 Å². The summed E-state index contributed by atoms with van der Waals surface area (Å²) in [4.78, 5) is 19.6. The average Bonchev–Trinajstić information content (AvgIpc) is 3.24. The second-order valence-electron chi connectivity index (χ2n) is 12.0. The van der Waals surface area contributed by atoms with Crippen LogP contribution in [0.15, 0.2) is 54.7 Å². The molecule has 1 unspecified atom stereocenters. The molecule has 1 atom stereocenters. The van der Waals surface area contributed by atoms with E-state index in [1.165, 1.54) is 63.4 Å². The van der Waals surface area contributed by atoms with Gasteiger partial charge in [-0.3, -0.25) is 9.78 Å². The van der Waals surface area contributed by atoms with Crippen LogP contribution in [-0.2, 0) is 15.9 Å². The number of nitrogens with zero attached hydrogens (tertiary/aromatic N) is 2. The van der Waals surface area contributed by atoms with E-state index in [-0.39, 0.29) is 27.8 Å². The Kier molecular flexibility index (Phi) is 9.04. The van der Waals surface area contributed by atoms with Crippen LogP contribution in [-0.4, -0.2) is 34.7 Å². The number of carbonyl (C=O) groups excluding carboxylic acids is 1. The summed E-state index contributed by atoms with van der Waals surface area (Å²) < 4.78 is 64.7. The largest absolute Gasteiger partial charge is 0.494 e. The SMILES string of the molecule is CC(C)(O)c1cc(C2(C)OCCC2(C)C)nc(-c2ccc(F)cc2)c1F.COc1cc(C(N)=O)cc2cc(C(F)F)cnc12. The number of halogens is 4. The van der Waals surface area contributed by atoms with E-state index in [0.29, 0.717) is 34.5 Å². The lowest BCUT2D eigenvalue weighted by Crippen LogP contribution is -2.37. The van der Waals surface area contributed by atoms with Crippen LogP contribution in [0.3, 0.4) is 0 Å². The number of pyridine rings is 2. The Morgan fingerprint density at radius 3 is 2.27 bits per heavy atom. The van der Waals surface area contributed by atoms with Crippen molar-refractivity contribution >= 4 is 16.8 Å². The van der Waals surface area contributed by atoms with Crippen LogP contribution in [0.2, 0.25) is 0 Å². The van der Waals surface area contributed by atoms with Crippen LogP contribution in [0, 0.1) is 17.0 Å². The van der Waals surface area contributed by atoms with Crippen LogP contribution in [0.4, 0.5) is 17.6 Å². The molecule has 0 bridgehead atoms. The van der Waals surface area contributed by atoms with Crippen molar-refractivity contribution < 1.29 is 36.9 Å². The minimum absolute atomic E-state index is 0.0900. The second kappa shape index (κ2) is 12.1. The van der Waals surface area contributed by atoms with Crippen molar-refractivity contribution in [1.82, 2.24) is 9.97 Å². The number of hydrogen-bond donors (Lipinski definition) is 2. The number of primary amides is 1. The molecule has 5 rings (SSSR count). The number of rotatable bonds is 6. The van der Waals surface area contributed by atoms with Crippen LogP contribution in [0.1, 0.15) is 74.6 Å². The molecule has 4 aromatic rings. The maximum absolute atomic E-state index is 15.2. The normalized spacial score (nSPS) is 17.8. The van der Waals surface area contributed by atoms with Gasteiger partial charge < -0.3 is 20.3 Å². The second-order valence-corrected chi connectivity index (χ2v) is 12.0. The van der Waals surface area contributed by atoms with Crippen molar-refractivity contribution in [2.75, 3.05) is 13.7 Å². The molecule has 3 heterocycles. The Labute approximate surface area is 253 Å². The minimum atomic E-state index is -2.62. The van der Waals surface area contributed by atoms with Crippen molar-refractivity contribution in [1.29, 1.82) is 0 Å². The van der Waals surface area contributed by atoms with E-state index >= 15 is 4.39 Å². The molecule has 234 valence electrons. The molecule has 1 aliphatic heterocycles. The van der Waals surface area contributed by atoms with Gasteiger partial charge in [-0.25, -0.2) is 22.5 Å². The zero-order chi connectivity index (χ0) is 32.6. The first-order chi connectivity index (χ1) is 20.5. The van der Waals surface area contributed by atoms with Crippen molar-refractivity contribution in [3.63, 3.8) is 0 Å². The fourth-order valence-corrected chi connectivity index (χ4v) is 5.03. The molecular formula is C33H35F4N3O4. The Hall–Kier alpha value is -4.09. The first-order valence-electron chi connectivity index (χ1n) is 13.9. The van der Waals surface area contributed by atoms with Gasteiger partial charge in [0.05, 0.1) is 18.4 Å². The number of hydrogen-bond acceptors (Lipinski definition) is 6. The topological polar surface area (TPSA) is 108 Å². The molecule has 11 heteroatoms. The number of fused-ring (bicyclic) bond motifs is 1. The molecule has 1 saturated heterocycles. The van der Waals surface area contributed by atoms with E-state index in [2.05, 4.69) is 23.8 Å². The van der Waals surface area contributed by atoms with E-state index in [1.807, 2.05) is 6.92 Å². The Morgan fingerprint density at radius 1 is 1.09 bits per heavy atom. The molecule has 1 amide bonds. The highest BCUT2D eigenvalue weighted by Gasteiger charge is 2.49. The Balaban J connectivity index is 0.000000215. The van der Waals surface area contributed by atoms with Crippen LogP contribution < -0.4 is 10.5 Å². The van der Waals surface area contributed by atoms with Crippen molar-refractivity contribution in [3.05, 3.63) is 88.7 Å². The monoisotopic (exact) mass is 613 g/mol. The molecule has 1 aliphatic rings. The molecular weight excluding hydrogens is 578 g/mol. The number of carbonyl (C=O) groups is 1. The van der Waals surface area contributed by atoms with E-state index in [1.54, 1.807) is 6.07 Å². The molecule has 0 aliphatic carbocycles. The van der Waals surface area contributed by atoms with Gasteiger partial charge in [0.2, 0.25) is 5.91 Å². The van der Waals surface area contributed by atoms with Crippen LogP contribution >= 0.6 is 0 Å². The molecule has 2 aromatic heterocycles. The summed E-state index contributed by atoms with van der Waals surface area (Å²) in [6, 6.07) is 11.2. The van der Waals surface area contributed by atoms with Gasteiger partial charge in [-0.05, 0) is 75.7 Å². The van der Waals surface area contributed by atoms with Gasteiger partial charge >= 0.3 is 0 Å². The summed E-state index contributed by atoms with van der Waals surface area (Å²) in [5, 5.41) is 10.9. The van der Waals surface area contributed by atoms with E-state index in [4.69, 9.17) is 15.2 Å². The van der Waals surface area contributed by atoms with Crippen LogP contribution in [0.25, 0.3) is 22.2 Å². The standard InChI is InChI=1S/C21H25F2NO2.C12H10F2N2O2/c1-19(2)10-11-26-21(19,5)16-12-15(20(3,4)25)17(23)18(24-16)13-6-8-14(22)9-7-13;1-18-9-4-7(12(15)17)2-6-3-8(11(13)14)5-16-10(6)9/h6-9,12,25H,10-11H2,1-5H3;2-5,11H,1H3,(H2,15,17). The molecule has 7 nitrogen and oxygen atoms in total. The quantitative estimate of drug-likeness (QED) is 0.223. The number of aromatic nitrogens is 2. The predicted octanol–water partition coefficient (Wildman–Crippen LogP) is 7.20. The molecule has 0 radical (unpaired) electrons. The number of nitrogens with two attached hydrogens (primary N) is 1. The van der Waals surface area contributed by atoms with Crippen molar-refractivity contribution in [3.8, 4) is 17.0 Å². The molecule has 1 fully saturated rings. The van der Waals surface area contributed by atoms with Gasteiger partial charge in [0, 0.05) is 45.9 Å². The smallest absolute Gasteiger partial charge is 0.265 e. The highest BCUT2D eigenvalue weighted by atomic mass is 19.3. The maximum Gasteiger partial charge on any atom is 0.265 e. The lowest BCUT2D eigenvalue weighted by Gasteiger charge is -2.37. The zero-order valence-electron chi connectivity index (χ0n) is 25.3. The van der Waals surface area contributed by atoms with Crippen molar-refractivity contribution in [2.24, 2.45) is 11.1 Å². The first kappa shape index (κ1) is 32.8. The summed E-state index contributed by atoms with van der Waals surface area (Å²) in [6.07, 6.45) is -0.684. The lowest BCUT2D eigenvalue weighted by molar-refractivity contribution is -0.0442. The number of methoxy groups -OCH3 is 1. The van der Waals surface area contributed by atoms with Gasteiger partial charge in [-0.2, -0.15) is 0 Å². The van der Waals surface area contributed by atoms with E-state index in [0.717, 1.165) is 12.6 Å². The van der Waals surface area contributed by atoms with E-state index < -0.39 is 35.2 Å². The number of ether oxygens (including phenoxy) is 2. The number of aliphatic hydroxyl groups is 1. The first-order valence-corrected chi connectivity index (χ1v) is 13.9. The highest BCUT2D eigenvalue weighted by Crippen LogP contribution is 2.50. The zero-order valence-corrected chi connectivity index (χ0v) is 25.3. The Bertz CT molecular complexity index is 1690. The highest BCUT2D eigenvalue weighted by molar-refractivity contribution is 5.99. The fraction of sp³-hybridized carbons (Fsp3) is 0.364. The summed E-state index contributed by atoms with van der Waals surface area (Å²) in [6.45, 7) is 9.78. The van der Waals surface area contributed by atoms with Gasteiger partial charge in [-0.1, -0.05) is 13.8 Å². The van der Waals surface area contributed by atoms with Gasteiger partial charge in [-0.15, -0.1) is 0 Å². The third-order valence-electron chi connectivity index (χ3n) is 8.16. The number of benzene rings is 2. The maximum atomic E-state index is 15.2. The third-order valence-corrected chi connectivity index (χ3v) is 8.16. The lowest BCUT2D eigenvalue weighted by atomic mass is 9.73. The Morgan fingerprint density at radius 2 is 1.75 bits per heavy atom. The van der Waals surface area contributed by atoms with Gasteiger partial charge in [0.15, 0.2) is 5.82 Å². The van der Waals surface area contributed by atoms with Crippen molar-refractivity contribution in [2.45, 2.75) is 58.7 Å². The summed E-state index contributed by atoms with van der Waals surface area (Å²) in [7, 11) is 1.41. The molecule has 0 spiro atoms. The number of amides is 1. The summed E-state index contributed by atoms with van der Waals surface area (Å²) in [5.74, 6) is -1.34. The minimum Gasteiger partial charge on any atom is -0.494 e. The number of alkyl halides is 2. The van der Waals surface area contributed by atoms with Gasteiger partial charge in [0.25, 0.3) is 6.43 Å². The average molecular weight is 614 g/mol. The predicted molar refractivity (Wildman–Crippen MR) is 158 cm³/mol. The fourth-order valence-electron chi connectivity index (χ4n) is 5.03. The molecule has 3 N–H and O–H groups in total. The van der Waals surface area contributed by atoms with Crippen LogP contribution in [0.5, 0.6) is 5.75 Å². The van der Waals surface area contributed by atoms with E-state index in [9.17, 15) is 23.1 Å². The molecule has 2 aromatic carbocycles. The molecule has 0 saturated carbocycles.